The average Bonchev–Trinajstić information content (AvgIpc) is 3.49. The molecule has 0 bridgehead atoms. The van der Waals surface area contributed by atoms with E-state index in [9.17, 15) is 13.2 Å². The fourth-order valence-electron chi connectivity index (χ4n) is 4.59. The van der Waals surface area contributed by atoms with E-state index in [1.165, 1.54) is 6.33 Å². The zero-order valence-electron chi connectivity index (χ0n) is 19.2. The standard InChI is InChI=1S/C23H26F3N7S/c1-12(2)18-19(14-8-13(3)21-28-11-29-33(21)10-14)31-32-20(18)22-30-16-5-4-15(9-17(16)34-22)27-7-6-23(24,25)26/h8,10-12,15,27H,4-7,9H2,1-3H3,(H,31,32). The molecule has 34 heavy (non-hydrogen) atoms. The lowest BCUT2D eigenvalue weighted by Gasteiger charge is -2.22. The number of nitrogens with one attached hydrogen (secondary N) is 2. The molecule has 0 aromatic carbocycles. The molecule has 7 nitrogen and oxygen atoms in total. The van der Waals surface area contributed by atoms with Gasteiger partial charge in [0.25, 0.3) is 0 Å². The topological polar surface area (TPSA) is 83.8 Å². The third kappa shape index (κ3) is 4.46. The molecule has 4 aromatic heterocycles. The van der Waals surface area contributed by atoms with Crippen molar-refractivity contribution in [2.24, 2.45) is 0 Å². The number of fused-ring (bicyclic) bond motifs is 2. The molecular weight excluding hydrogens is 463 g/mol. The Labute approximate surface area is 198 Å². The zero-order valence-corrected chi connectivity index (χ0v) is 20.0. The van der Waals surface area contributed by atoms with Crippen LogP contribution in [0.5, 0.6) is 0 Å². The summed E-state index contributed by atoms with van der Waals surface area (Å²) in [5, 5.41) is 16.1. The van der Waals surface area contributed by atoms with Gasteiger partial charge < -0.3 is 5.32 Å². The van der Waals surface area contributed by atoms with E-state index in [1.807, 2.05) is 13.1 Å². The Bertz CT molecular complexity index is 1320. The van der Waals surface area contributed by atoms with Crippen LogP contribution in [-0.2, 0) is 12.8 Å². The van der Waals surface area contributed by atoms with E-state index < -0.39 is 12.6 Å². The Morgan fingerprint density at radius 2 is 2.15 bits per heavy atom. The lowest BCUT2D eigenvalue weighted by atomic mass is 9.96. The van der Waals surface area contributed by atoms with Crippen molar-refractivity contribution >= 4 is 17.0 Å². The highest BCUT2D eigenvalue weighted by Crippen LogP contribution is 2.39. The molecule has 0 aliphatic heterocycles. The molecule has 2 N–H and O–H groups in total. The number of aryl methyl sites for hydroxylation is 2. The van der Waals surface area contributed by atoms with Crippen LogP contribution in [0.1, 0.15) is 54.3 Å². The number of aromatic amines is 1. The van der Waals surface area contributed by atoms with E-state index in [0.29, 0.717) is 6.42 Å². The highest BCUT2D eigenvalue weighted by Gasteiger charge is 2.29. The number of nitrogens with zero attached hydrogens (tertiary/aromatic N) is 5. The van der Waals surface area contributed by atoms with Crippen LogP contribution >= 0.6 is 11.3 Å². The van der Waals surface area contributed by atoms with Crippen molar-refractivity contribution in [1.29, 1.82) is 0 Å². The molecule has 0 radical (unpaired) electrons. The summed E-state index contributed by atoms with van der Waals surface area (Å²) in [4.78, 5) is 10.3. The highest BCUT2D eigenvalue weighted by atomic mass is 32.1. The van der Waals surface area contributed by atoms with E-state index >= 15 is 0 Å². The van der Waals surface area contributed by atoms with Gasteiger partial charge in [-0.05, 0) is 43.7 Å². The SMILES string of the molecule is Cc1cc(-c2n[nH]c(-c3nc4c(s3)CC(NCCC(F)(F)F)CC4)c2C(C)C)cn2ncnc12. The molecule has 180 valence electrons. The number of alkyl halides is 3. The van der Waals surface area contributed by atoms with Crippen LogP contribution in [0, 0.1) is 6.92 Å². The molecule has 1 aliphatic rings. The minimum absolute atomic E-state index is 0.0439. The quantitative estimate of drug-likeness (QED) is 0.395. The summed E-state index contributed by atoms with van der Waals surface area (Å²) in [5.74, 6) is 0.202. The lowest BCUT2D eigenvalue weighted by Crippen LogP contribution is -2.36. The van der Waals surface area contributed by atoms with Crippen molar-refractivity contribution in [3.63, 3.8) is 0 Å². The number of hydrogen-bond donors (Lipinski definition) is 2. The maximum absolute atomic E-state index is 12.5. The minimum atomic E-state index is -4.13. The summed E-state index contributed by atoms with van der Waals surface area (Å²) in [6, 6.07) is 2.11. The number of halogens is 3. The van der Waals surface area contributed by atoms with Gasteiger partial charge in [-0.2, -0.15) is 23.4 Å². The second-order valence-electron chi connectivity index (χ2n) is 9.10. The molecule has 4 heterocycles. The first kappa shape index (κ1) is 23.0. The molecule has 0 fully saturated rings. The van der Waals surface area contributed by atoms with Gasteiger partial charge in [-0.1, -0.05) is 13.8 Å². The first-order valence-electron chi connectivity index (χ1n) is 11.4. The van der Waals surface area contributed by atoms with Gasteiger partial charge in [0, 0.05) is 34.8 Å². The van der Waals surface area contributed by atoms with Gasteiger partial charge in [0.15, 0.2) is 5.65 Å². The Morgan fingerprint density at radius 3 is 2.91 bits per heavy atom. The number of pyridine rings is 1. The van der Waals surface area contributed by atoms with Crippen molar-refractivity contribution in [1.82, 2.24) is 35.1 Å². The van der Waals surface area contributed by atoms with E-state index in [0.717, 1.165) is 62.1 Å². The summed E-state index contributed by atoms with van der Waals surface area (Å²) < 4.78 is 39.2. The van der Waals surface area contributed by atoms with Crippen LogP contribution in [0.25, 0.3) is 27.6 Å². The molecule has 11 heteroatoms. The third-order valence-corrected chi connectivity index (χ3v) is 7.35. The smallest absolute Gasteiger partial charge is 0.313 e. The number of aromatic nitrogens is 6. The van der Waals surface area contributed by atoms with Crippen LogP contribution in [0.4, 0.5) is 13.2 Å². The van der Waals surface area contributed by atoms with Crippen LogP contribution in [-0.4, -0.2) is 48.5 Å². The summed E-state index contributed by atoms with van der Waals surface area (Å²) in [6.07, 6.45) is 0.783. The van der Waals surface area contributed by atoms with Gasteiger partial charge in [-0.3, -0.25) is 5.10 Å². The number of H-pyrrole nitrogens is 1. The van der Waals surface area contributed by atoms with E-state index in [2.05, 4.69) is 45.5 Å². The Balaban J connectivity index is 1.43. The molecule has 0 spiro atoms. The molecule has 5 rings (SSSR count). The van der Waals surface area contributed by atoms with Gasteiger partial charge in [-0.25, -0.2) is 14.5 Å². The van der Waals surface area contributed by atoms with Crippen LogP contribution in [0.2, 0.25) is 0 Å². The van der Waals surface area contributed by atoms with Crippen molar-refractivity contribution in [3.05, 3.63) is 40.3 Å². The first-order chi connectivity index (χ1) is 16.2. The van der Waals surface area contributed by atoms with Gasteiger partial charge >= 0.3 is 6.18 Å². The number of thiazole rings is 1. The van der Waals surface area contributed by atoms with Crippen molar-refractivity contribution in [2.45, 2.75) is 64.6 Å². The van der Waals surface area contributed by atoms with Gasteiger partial charge in [-0.15, -0.1) is 11.3 Å². The second-order valence-corrected chi connectivity index (χ2v) is 10.2. The van der Waals surface area contributed by atoms with Crippen LogP contribution in [0.3, 0.4) is 0 Å². The first-order valence-corrected chi connectivity index (χ1v) is 12.2. The fourth-order valence-corrected chi connectivity index (χ4v) is 5.79. The highest BCUT2D eigenvalue weighted by molar-refractivity contribution is 7.15. The normalized spacial score (nSPS) is 16.5. The maximum Gasteiger partial charge on any atom is 0.390 e. The van der Waals surface area contributed by atoms with Crippen LogP contribution < -0.4 is 5.32 Å². The fraction of sp³-hybridized carbons (Fsp3) is 0.478. The Kier molecular flexibility index (Phi) is 5.93. The molecule has 4 aromatic rings. The Morgan fingerprint density at radius 1 is 1.32 bits per heavy atom. The maximum atomic E-state index is 12.5. The van der Waals surface area contributed by atoms with Gasteiger partial charge in [0.1, 0.15) is 11.3 Å². The Hall–Kier alpha value is -2.79. The van der Waals surface area contributed by atoms with E-state index in [1.54, 1.807) is 15.9 Å². The van der Waals surface area contributed by atoms with E-state index in [-0.39, 0.29) is 18.5 Å². The lowest BCUT2D eigenvalue weighted by molar-refractivity contribution is -0.133. The summed E-state index contributed by atoms with van der Waals surface area (Å²) in [7, 11) is 0. The van der Waals surface area contributed by atoms with Gasteiger partial charge in [0.2, 0.25) is 0 Å². The molecule has 0 amide bonds. The van der Waals surface area contributed by atoms with Crippen LogP contribution in [0.15, 0.2) is 18.6 Å². The molecule has 1 unspecified atom stereocenters. The van der Waals surface area contributed by atoms with Gasteiger partial charge in [0.05, 0.1) is 23.5 Å². The van der Waals surface area contributed by atoms with Crippen molar-refractivity contribution in [2.75, 3.05) is 6.54 Å². The third-order valence-electron chi connectivity index (χ3n) is 6.21. The van der Waals surface area contributed by atoms with Crippen molar-refractivity contribution in [3.8, 4) is 22.0 Å². The minimum Gasteiger partial charge on any atom is -0.313 e. The average molecular weight is 490 g/mol. The molecular formula is C23H26F3N7S. The van der Waals surface area contributed by atoms with E-state index in [4.69, 9.17) is 4.98 Å². The zero-order chi connectivity index (χ0) is 24.0. The largest absolute Gasteiger partial charge is 0.390 e. The van der Waals surface area contributed by atoms with Crippen molar-refractivity contribution < 1.29 is 13.2 Å². The summed E-state index contributed by atoms with van der Waals surface area (Å²) >= 11 is 1.61. The molecule has 0 saturated heterocycles. The monoisotopic (exact) mass is 489 g/mol. The summed E-state index contributed by atoms with van der Waals surface area (Å²) in [6.45, 7) is 6.22. The predicted octanol–water partition coefficient (Wildman–Crippen LogP) is 5.07. The predicted molar refractivity (Wildman–Crippen MR) is 125 cm³/mol. The molecule has 1 aliphatic carbocycles. The number of hydrogen-bond acceptors (Lipinski definition) is 6. The summed E-state index contributed by atoms with van der Waals surface area (Å²) in [5.41, 5.74) is 6.69. The number of rotatable bonds is 6. The molecule has 1 atom stereocenters. The molecule has 0 saturated carbocycles. The second kappa shape index (κ2) is 8.77.